The maximum absolute atomic E-state index is 13.2. The summed E-state index contributed by atoms with van der Waals surface area (Å²) < 4.78 is 5.85. The number of piperidine rings is 3. The minimum Gasteiger partial charge on any atom is -0.458 e. The van der Waals surface area contributed by atoms with Crippen LogP contribution in [0.4, 0.5) is 0 Å². The van der Waals surface area contributed by atoms with Crippen LogP contribution in [0.25, 0.3) is 0 Å². The van der Waals surface area contributed by atoms with Crippen LogP contribution in [0.1, 0.15) is 24.0 Å². The maximum atomic E-state index is 13.2. The first-order valence-corrected chi connectivity index (χ1v) is 9.66. The number of hydrogen-bond donors (Lipinski definition) is 3. The molecule has 2 bridgehead atoms. The van der Waals surface area contributed by atoms with Crippen molar-refractivity contribution < 1.29 is 24.7 Å². The lowest BCUT2D eigenvalue weighted by Crippen LogP contribution is -2.53. The molecule has 0 aromatic heterocycles. The van der Waals surface area contributed by atoms with Gasteiger partial charge in [-0.2, -0.15) is 0 Å². The fraction of sp³-hybridized carbons (Fsp3) is 0.381. The number of ether oxygens (including phenoxy) is 1. The smallest absolute Gasteiger partial charge is 0.458 e. The Labute approximate surface area is 164 Å². The Morgan fingerprint density at radius 3 is 2.14 bits per heavy atom. The van der Waals surface area contributed by atoms with Crippen LogP contribution in [0, 0.1) is 5.92 Å². The van der Waals surface area contributed by atoms with E-state index in [0.717, 1.165) is 25.9 Å². The van der Waals surface area contributed by atoms with Crippen LogP contribution in [0.3, 0.4) is 0 Å². The molecule has 3 N–H and O–H groups in total. The van der Waals surface area contributed by atoms with Crippen molar-refractivity contribution in [2.75, 3.05) is 19.6 Å². The number of hydrogen-bond acceptors (Lipinski definition) is 6. The van der Waals surface area contributed by atoms with Gasteiger partial charge >= 0.3 is 13.1 Å². The largest absolute Gasteiger partial charge is 0.488 e. The van der Waals surface area contributed by atoms with Crippen LogP contribution in [0.5, 0.6) is 0 Å². The quantitative estimate of drug-likeness (QED) is 0.508. The molecule has 2 aromatic rings. The number of carbonyl (C=O) groups excluding carboxylic acids is 1. The van der Waals surface area contributed by atoms with E-state index < -0.39 is 18.7 Å². The van der Waals surface area contributed by atoms with E-state index in [1.807, 2.05) is 6.07 Å². The lowest BCUT2D eigenvalue weighted by molar-refractivity contribution is -0.177. The van der Waals surface area contributed by atoms with E-state index in [-0.39, 0.29) is 11.6 Å². The number of benzene rings is 2. The lowest BCUT2D eigenvalue weighted by atomic mass is 9.78. The maximum Gasteiger partial charge on any atom is 0.488 e. The molecular formula is C21H24BNO5. The molecule has 28 heavy (non-hydrogen) atoms. The second kappa shape index (κ2) is 7.68. The summed E-state index contributed by atoms with van der Waals surface area (Å²) in [7, 11) is -1.61. The van der Waals surface area contributed by atoms with E-state index in [4.69, 9.17) is 4.74 Å². The zero-order valence-corrected chi connectivity index (χ0v) is 15.6. The van der Waals surface area contributed by atoms with E-state index in [0.29, 0.717) is 23.6 Å². The van der Waals surface area contributed by atoms with E-state index in [1.165, 1.54) is 24.3 Å². The summed E-state index contributed by atoms with van der Waals surface area (Å²) in [6, 6.07) is 14.7. The van der Waals surface area contributed by atoms with Crippen LogP contribution in [-0.2, 0) is 15.1 Å². The molecule has 3 aliphatic heterocycles. The normalized spacial score (nSPS) is 25.8. The Kier molecular flexibility index (Phi) is 5.25. The Bertz CT molecular complexity index is 820. The standard InChI is InChI=1S/C21H24BNO5/c24-20(28-19-14-23-12-10-15(19)11-13-23)21(25,16-4-2-1-3-5-16)17-6-8-18(9-7-17)22(26)27/h1-9,15,19,25-27H,10-14H2/t19-,21-/m0/s1. The SMILES string of the molecule is O=C(O[C@H]1CN2CCC1CC2)[C@](O)(c1ccccc1)c1ccc(B(O)O)cc1. The molecule has 3 fully saturated rings. The summed E-state index contributed by atoms with van der Waals surface area (Å²) in [6.07, 6.45) is 1.79. The van der Waals surface area contributed by atoms with Crippen molar-refractivity contribution in [1.82, 2.24) is 4.90 Å². The van der Waals surface area contributed by atoms with Gasteiger partial charge in [0.25, 0.3) is 0 Å². The van der Waals surface area contributed by atoms with Crippen LogP contribution in [0.2, 0.25) is 0 Å². The van der Waals surface area contributed by atoms with Gasteiger partial charge in [0, 0.05) is 6.54 Å². The Balaban J connectivity index is 1.66. The molecule has 0 saturated carbocycles. The summed E-state index contributed by atoms with van der Waals surface area (Å²) in [6.45, 7) is 2.77. The fourth-order valence-corrected chi connectivity index (χ4v) is 4.25. The number of aliphatic hydroxyl groups is 1. The molecule has 0 spiro atoms. The Morgan fingerprint density at radius 2 is 1.61 bits per heavy atom. The lowest BCUT2D eigenvalue weighted by Gasteiger charge is -2.44. The summed E-state index contributed by atoms with van der Waals surface area (Å²) in [5.74, 6) is -0.365. The number of rotatable bonds is 5. The molecule has 2 aromatic carbocycles. The molecular weight excluding hydrogens is 357 g/mol. The second-order valence-corrected chi connectivity index (χ2v) is 7.65. The zero-order chi connectivity index (χ0) is 19.7. The highest BCUT2D eigenvalue weighted by Gasteiger charge is 2.45. The molecule has 3 heterocycles. The van der Waals surface area contributed by atoms with Gasteiger partial charge in [-0.15, -0.1) is 0 Å². The fourth-order valence-electron chi connectivity index (χ4n) is 4.25. The van der Waals surface area contributed by atoms with Gasteiger partial charge in [0.15, 0.2) is 0 Å². The van der Waals surface area contributed by atoms with E-state index in [9.17, 15) is 19.9 Å². The molecule has 146 valence electrons. The van der Waals surface area contributed by atoms with E-state index >= 15 is 0 Å². The first-order chi connectivity index (χ1) is 13.5. The van der Waals surface area contributed by atoms with Gasteiger partial charge in [-0.25, -0.2) is 4.79 Å². The molecule has 0 radical (unpaired) electrons. The number of esters is 1. The van der Waals surface area contributed by atoms with Gasteiger partial charge in [-0.3, -0.25) is 4.90 Å². The molecule has 3 aliphatic rings. The van der Waals surface area contributed by atoms with Gasteiger partial charge in [-0.05, 0) is 48.4 Å². The topological polar surface area (TPSA) is 90.2 Å². The van der Waals surface area contributed by atoms with Gasteiger partial charge in [0.1, 0.15) is 6.10 Å². The third-order valence-electron chi connectivity index (χ3n) is 5.97. The summed E-state index contributed by atoms with van der Waals surface area (Å²) in [4.78, 5) is 15.5. The van der Waals surface area contributed by atoms with Gasteiger partial charge in [-0.1, -0.05) is 54.6 Å². The predicted molar refractivity (Wildman–Crippen MR) is 105 cm³/mol. The van der Waals surface area contributed by atoms with E-state index in [2.05, 4.69) is 4.90 Å². The first-order valence-electron chi connectivity index (χ1n) is 9.66. The van der Waals surface area contributed by atoms with Crippen molar-refractivity contribution in [2.45, 2.75) is 24.5 Å². The second-order valence-electron chi connectivity index (χ2n) is 7.65. The predicted octanol–water partition coefficient (Wildman–Crippen LogP) is 0.240. The first kappa shape index (κ1) is 19.1. The van der Waals surface area contributed by atoms with Crippen molar-refractivity contribution >= 4 is 18.6 Å². The van der Waals surface area contributed by atoms with Crippen LogP contribution in [0.15, 0.2) is 54.6 Å². The molecule has 2 atom stereocenters. The highest BCUT2D eigenvalue weighted by molar-refractivity contribution is 6.58. The molecule has 0 aliphatic carbocycles. The molecule has 7 heteroatoms. The third kappa shape index (κ3) is 3.46. The van der Waals surface area contributed by atoms with Crippen molar-refractivity contribution in [3.63, 3.8) is 0 Å². The number of fused-ring (bicyclic) bond motifs is 3. The highest BCUT2D eigenvalue weighted by atomic mass is 16.6. The van der Waals surface area contributed by atoms with E-state index in [1.54, 1.807) is 24.3 Å². The van der Waals surface area contributed by atoms with Gasteiger partial charge in [0.2, 0.25) is 5.60 Å². The van der Waals surface area contributed by atoms with Crippen LogP contribution in [-0.4, -0.2) is 58.9 Å². The minimum atomic E-state index is -1.97. The molecule has 0 unspecified atom stereocenters. The molecule has 3 saturated heterocycles. The Hall–Kier alpha value is -2.19. The number of nitrogens with zero attached hydrogens (tertiary/aromatic N) is 1. The third-order valence-corrected chi connectivity index (χ3v) is 5.97. The number of carbonyl (C=O) groups is 1. The molecule has 5 rings (SSSR count). The zero-order valence-electron chi connectivity index (χ0n) is 15.6. The van der Waals surface area contributed by atoms with Gasteiger partial charge in [0.05, 0.1) is 0 Å². The molecule has 6 nitrogen and oxygen atoms in total. The molecule has 0 amide bonds. The Morgan fingerprint density at radius 1 is 1.00 bits per heavy atom. The summed E-state index contributed by atoms with van der Waals surface area (Å²) in [5, 5.41) is 30.2. The van der Waals surface area contributed by atoms with Crippen LogP contribution < -0.4 is 5.46 Å². The summed E-state index contributed by atoms with van der Waals surface area (Å²) in [5.41, 5.74) is -0.940. The average Bonchev–Trinajstić information content (AvgIpc) is 2.74. The highest BCUT2D eigenvalue weighted by Crippen LogP contribution is 2.35. The van der Waals surface area contributed by atoms with Crippen molar-refractivity contribution in [1.29, 1.82) is 0 Å². The van der Waals surface area contributed by atoms with Crippen molar-refractivity contribution in [3.8, 4) is 0 Å². The monoisotopic (exact) mass is 381 g/mol. The van der Waals surface area contributed by atoms with Crippen molar-refractivity contribution in [3.05, 3.63) is 65.7 Å². The van der Waals surface area contributed by atoms with Crippen LogP contribution >= 0.6 is 0 Å². The van der Waals surface area contributed by atoms with Gasteiger partial charge < -0.3 is 19.9 Å². The minimum absolute atomic E-state index is 0.219. The average molecular weight is 381 g/mol. The summed E-state index contributed by atoms with van der Waals surface area (Å²) >= 11 is 0. The van der Waals surface area contributed by atoms with Crippen molar-refractivity contribution in [2.24, 2.45) is 5.92 Å².